The summed E-state index contributed by atoms with van der Waals surface area (Å²) >= 11 is 1.25. The van der Waals surface area contributed by atoms with E-state index >= 15 is 0 Å². The van der Waals surface area contributed by atoms with Crippen molar-refractivity contribution in [3.63, 3.8) is 0 Å². The van der Waals surface area contributed by atoms with Gasteiger partial charge in [0.05, 0.1) is 0 Å². The van der Waals surface area contributed by atoms with Crippen LogP contribution in [0.3, 0.4) is 0 Å². The molecule has 7 heteroatoms. The van der Waals surface area contributed by atoms with Crippen molar-refractivity contribution < 1.29 is 13.5 Å². The summed E-state index contributed by atoms with van der Waals surface area (Å²) in [5, 5.41) is 8.90. The van der Waals surface area contributed by atoms with Gasteiger partial charge in [-0.05, 0) is 38.6 Å². The molecule has 1 aliphatic heterocycles. The Balaban J connectivity index is 2.08. The van der Waals surface area contributed by atoms with E-state index in [0.29, 0.717) is 23.2 Å². The van der Waals surface area contributed by atoms with E-state index in [2.05, 4.69) is 4.90 Å². The molecular formula is C13H22N2O3S2. The molecule has 0 aliphatic carbocycles. The number of aliphatic hydroxyl groups is 1. The average molecular weight is 318 g/mol. The molecule has 1 aliphatic rings. The number of rotatable bonds is 6. The van der Waals surface area contributed by atoms with Gasteiger partial charge >= 0.3 is 0 Å². The number of nitrogens with zero attached hydrogens (tertiary/aromatic N) is 2. The predicted molar refractivity (Wildman–Crippen MR) is 80.6 cm³/mol. The molecule has 0 amide bonds. The summed E-state index contributed by atoms with van der Waals surface area (Å²) in [5.74, 6) is 0. The van der Waals surface area contributed by atoms with Crippen LogP contribution < -0.4 is 0 Å². The number of thiophene rings is 1. The van der Waals surface area contributed by atoms with Gasteiger partial charge in [0.1, 0.15) is 4.21 Å². The minimum absolute atomic E-state index is 0.0444. The molecule has 0 spiro atoms. The molecule has 1 saturated heterocycles. The van der Waals surface area contributed by atoms with E-state index in [0.717, 1.165) is 24.3 Å². The van der Waals surface area contributed by atoms with Crippen LogP contribution in [0.4, 0.5) is 0 Å². The Morgan fingerprint density at radius 2 is 2.25 bits per heavy atom. The largest absolute Gasteiger partial charge is 0.396 e. The fourth-order valence-electron chi connectivity index (χ4n) is 2.50. The molecule has 2 rings (SSSR count). The maximum Gasteiger partial charge on any atom is 0.252 e. The Bertz CT molecular complexity index is 542. The lowest BCUT2D eigenvalue weighted by Crippen LogP contribution is -2.39. The zero-order valence-electron chi connectivity index (χ0n) is 11.9. The molecule has 0 saturated carbocycles. The number of hydrogen-bond donors (Lipinski definition) is 1. The van der Waals surface area contributed by atoms with Crippen molar-refractivity contribution in [2.24, 2.45) is 0 Å². The highest BCUT2D eigenvalue weighted by Crippen LogP contribution is 2.26. The summed E-state index contributed by atoms with van der Waals surface area (Å²) in [7, 11) is 0.286. The Hall–Kier alpha value is -0.470. The van der Waals surface area contributed by atoms with Gasteiger partial charge in [-0.2, -0.15) is 4.31 Å². The normalized spacial score (nSPS) is 20.9. The topological polar surface area (TPSA) is 60.9 Å². The van der Waals surface area contributed by atoms with Gasteiger partial charge < -0.3 is 10.0 Å². The van der Waals surface area contributed by atoms with E-state index in [4.69, 9.17) is 5.11 Å². The quantitative estimate of drug-likeness (QED) is 0.850. The van der Waals surface area contributed by atoms with Crippen LogP contribution in [0.25, 0.3) is 0 Å². The zero-order valence-corrected chi connectivity index (χ0v) is 13.6. The average Bonchev–Trinajstić information content (AvgIpc) is 3.00. The second kappa shape index (κ2) is 6.53. The van der Waals surface area contributed by atoms with Gasteiger partial charge in [0, 0.05) is 37.5 Å². The number of aliphatic hydroxyl groups excluding tert-OH is 1. The van der Waals surface area contributed by atoms with Crippen LogP contribution in [-0.2, 0) is 16.4 Å². The van der Waals surface area contributed by atoms with Crippen LogP contribution in [0.2, 0.25) is 0 Å². The van der Waals surface area contributed by atoms with Crippen molar-refractivity contribution in [2.75, 3.05) is 33.8 Å². The molecule has 1 N–H and O–H groups in total. The molecule has 0 bridgehead atoms. The van der Waals surface area contributed by atoms with Crippen molar-refractivity contribution in [1.29, 1.82) is 0 Å². The lowest BCUT2D eigenvalue weighted by atomic mass is 10.2. The highest BCUT2D eigenvalue weighted by atomic mass is 32.2. The van der Waals surface area contributed by atoms with Gasteiger partial charge in [-0.1, -0.05) is 0 Å². The molecule has 114 valence electrons. The second-order valence-electron chi connectivity index (χ2n) is 5.26. The molecule has 1 aromatic rings. The minimum atomic E-state index is -3.40. The van der Waals surface area contributed by atoms with Crippen LogP contribution in [0.5, 0.6) is 0 Å². The van der Waals surface area contributed by atoms with Gasteiger partial charge in [0.25, 0.3) is 10.0 Å². The first-order valence-electron chi connectivity index (χ1n) is 6.81. The smallest absolute Gasteiger partial charge is 0.252 e. The van der Waals surface area contributed by atoms with Crippen LogP contribution in [0, 0.1) is 0 Å². The molecule has 1 atom stereocenters. The molecule has 1 aromatic heterocycles. The Kier molecular flexibility index (Phi) is 5.19. The third-order valence-corrected chi connectivity index (χ3v) is 7.23. The third kappa shape index (κ3) is 3.40. The Morgan fingerprint density at radius 3 is 2.85 bits per heavy atom. The Morgan fingerprint density at radius 1 is 1.50 bits per heavy atom. The number of likely N-dealkylation sites (tertiary alicyclic amines) is 1. The van der Waals surface area contributed by atoms with Crippen LogP contribution >= 0.6 is 11.3 Å². The summed E-state index contributed by atoms with van der Waals surface area (Å²) in [6.07, 6.45) is 2.69. The maximum atomic E-state index is 12.5. The highest BCUT2D eigenvalue weighted by molar-refractivity contribution is 7.91. The van der Waals surface area contributed by atoms with E-state index in [1.54, 1.807) is 19.2 Å². The van der Waals surface area contributed by atoms with E-state index in [9.17, 15) is 8.42 Å². The summed E-state index contributed by atoms with van der Waals surface area (Å²) in [4.78, 5) is 3.12. The highest BCUT2D eigenvalue weighted by Gasteiger charge is 2.28. The van der Waals surface area contributed by atoms with Gasteiger partial charge in [-0.3, -0.25) is 0 Å². The summed E-state index contributed by atoms with van der Waals surface area (Å²) in [6, 6.07) is 3.73. The Labute approximate surface area is 124 Å². The first-order chi connectivity index (χ1) is 9.45. The summed E-state index contributed by atoms with van der Waals surface area (Å²) in [5.41, 5.74) is 0. The van der Waals surface area contributed by atoms with E-state index in [-0.39, 0.29) is 6.61 Å². The van der Waals surface area contributed by atoms with Crippen molar-refractivity contribution in [2.45, 2.75) is 29.5 Å². The lowest BCUT2D eigenvalue weighted by Gasteiger charge is -2.24. The van der Waals surface area contributed by atoms with E-state index in [1.807, 2.05) is 7.05 Å². The van der Waals surface area contributed by atoms with Crippen molar-refractivity contribution in [3.8, 4) is 0 Å². The lowest BCUT2D eigenvalue weighted by molar-refractivity contribution is 0.271. The third-order valence-electron chi connectivity index (χ3n) is 3.80. The van der Waals surface area contributed by atoms with E-state index in [1.165, 1.54) is 15.6 Å². The van der Waals surface area contributed by atoms with Crippen molar-refractivity contribution >= 4 is 21.4 Å². The number of sulfonamides is 1. The van der Waals surface area contributed by atoms with Crippen LogP contribution in [-0.4, -0.2) is 62.6 Å². The summed E-state index contributed by atoms with van der Waals surface area (Å²) in [6.45, 7) is 1.62. The molecule has 20 heavy (non-hydrogen) atoms. The fourth-order valence-corrected chi connectivity index (χ4v) is 5.26. The SMILES string of the molecule is CN1CCCC1CN(C)S(=O)(=O)c1ccc(CCO)s1. The molecular weight excluding hydrogens is 296 g/mol. The minimum Gasteiger partial charge on any atom is -0.396 e. The number of likely N-dealkylation sites (N-methyl/N-ethyl adjacent to an activating group) is 2. The molecule has 1 unspecified atom stereocenters. The monoisotopic (exact) mass is 318 g/mol. The molecule has 0 radical (unpaired) electrons. The molecule has 1 fully saturated rings. The van der Waals surface area contributed by atoms with Gasteiger partial charge in [-0.15, -0.1) is 11.3 Å². The van der Waals surface area contributed by atoms with Crippen molar-refractivity contribution in [3.05, 3.63) is 17.0 Å². The van der Waals surface area contributed by atoms with Gasteiger partial charge in [0.2, 0.25) is 0 Å². The first kappa shape index (κ1) is 15.9. The first-order valence-corrected chi connectivity index (χ1v) is 9.07. The number of hydrogen-bond acceptors (Lipinski definition) is 5. The van der Waals surface area contributed by atoms with Crippen LogP contribution in [0.15, 0.2) is 16.3 Å². The fraction of sp³-hybridized carbons (Fsp3) is 0.692. The standard InChI is InChI=1S/C13H22N2O3S2/c1-14-8-3-4-11(14)10-15(2)20(17,18)13-6-5-12(19-13)7-9-16/h5-6,11,16H,3-4,7-10H2,1-2H3. The summed E-state index contributed by atoms with van der Waals surface area (Å²) < 4.78 is 26.8. The molecule has 0 aromatic carbocycles. The van der Waals surface area contributed by atoms with Gasteiger partial charge in [-0.25, -0.2) is 8.42 Å². The molecule has 2 heterocycles. The second-order valence-corrected chi connectivity index (χ2v) is 8.70. The van der Waals surface area contributed by atoms with E-state index < -0.39 is 10.0 Å². The molecule has 5 nitrogen and oxygen atoms in total. The zero-order chi connectivity index (χ0) is 14.8. The van der Waals surface area contributed by atoms with Crippen LogP contribution in [0.1, 0.15) is 17.7 Å². The predicted octanol–water partition coefficient (Wildman–Crippen LogP) is 0.998. The van der Waals surface area contributed by atoms with Crippen molar-refractivity contribution in [1.82, 2.24) is 9.21 Å². The maximum absolute atomic E-state index is 12.5. The van der Waals surface area contributed by atoms with Gasteiger partial charge in [0.15, 0.2) is 0 Å².